The van der Waals surface area contributed by atoms with E-state index in [2.05, 4.69) is 20.6 Å². The zero-order valence-corrected chi connectivity index (χ0v) is 17.6. The molecule has 2 N–H and O–H groups in total. The lowest BCUT2D eigenvalue weighted by atomic mass is 9.88. The van der Waals surface area contributed by atoms with Crippen LogP contribution in [-0.4, -0.2) is 26.3 Å². The minimum atomic E-state index is -0.244. The molecule has 1 fully saturated rings. The summed E-state index contributed by atoms with van der Waals surface area (Å²) in [6.07, 6.45) is 6.83. The molecule has 0 saturated heterocycles. The Hall–Kier alpha value is -2.93. The summed E-state index contributed by atoms with van der Waals surface area (Å²) in [5.74, 6) is 0.669. The minimum absolute atomic E-state index is 0.0917. The molecule has 2 heterocycles. The minimum Gasteiger partial charge on any atom is -0.345 e. The van der Waals surface area contributed by atoms with Crippen molar-refractivity contribution in [1.82, 2.24) is 19.9 Å². The predicted octanol–water partition coefficient (Wildman–Crippen LogP) is 4.07. The van der Waals surface area contributed by atoms with Gasteiger partial charge in [-0.25, -0.2) is 9.97 Å². The van der Waals surface area contributed by atoms with Crippen LogP contribution in [0.3, 0.4) is 0 Å². The van der Waals surface area contributed by atoms with Crippen LogP contribution in [0.15, 0.2) is 36.5 Å². The van der Waals surface area contributed by atoms with Crippen LogP contribution in [0, 0.1) is 5.92 Å². The number of hydrogen-bond donors (Lipinski definition) is 2. The van der Waals surface area contributed by atoms with E-state index in [0.29, 0.717) is 10.7 Å². The zero-order valence-electron chi connectivity index (χ0n) is 16.8. The molecule has 1 aliphatic rings. The van der Waals surface area contributed by atoms with Crippen molar-refractivity contribution in [3.05, 3.63) is 53.1 Å². The number of anilines is 1. The van der Waals surface area contributed by atoms with E-state index in [9.17, 15) is 9.59 Å². The summed E-state index contributed by atoms with van der Waals surface area (Å²) in [5.41, 5.74) is 2.89. The Morgan fingerprint density at radius 3 is 2.70 bits per heavy atom. The number of rotatable bonds is 5. The summed E-state index contributed by atoms with van der Waals surface area (Å²) in [4.78, 5) is 33.4. The summed E-state index contributed by atoms with van der Waals surface area (Å²) in [6, 6.07) is 8.92. The number of pyridine rings is 1. The van der Waals surface area contributed by atoms with E-state index < -0.39 is 0 Å². The number of carbonyl (C=O) groups excluding carboxylic acids is 2. The topological polar surface area (TPSA) is 88.9 Å². The summed E-state index contributed by atoms with van der Waals surface area (Å²) in [7, 11) is 1.90. The average molecular weight is 426 g/mol. The van der Waals surface area contributed by atoms with Crippen LogP contribution < -0.4 is 10.6 Å². The van der Waals surface area contributed by atoms with Crippen molar-refractivity contribution >= 4 is 40.1 Å². The lowest BCUT2D eigenvalue weighted by Gasteiger charge is -2.20. The number of amides is 2. The molecule has 30 heavy (non-hydrogen) atoms. The number of nitrogens with zero attached hydrogens (tertiary/aromatic N) is 3. The third-order valence-corrected chi connectivity index (χ3v) is 5.84. The van der Waals surface area contributed by atoms with Gasteiger partial charge in [-0.05, 0) is 43.2 Å². The summed E-state index contributed by atoms with van der Waals surface area (Å²) >= 11 is 5.76. The second-order valence-electron chi connectivity index (χ2n) is 7.67. The van der Waals surface area contributed by atoms with Crippen molar-refractivity contribution in [1.29, 1.82) is 0 Å². The Kier molecular flexibility index (Phi) is 5.99. The molecule has 0 bridgehead atoms. The fourth-order valence-corrected chi connectivity index (χ4v) is 3.98. The van der Waals surface area contributed by atoms with Crippen molar-refractivity contribution in [2.45, 2.75) is 38.6 Å². The Morgan fingerprint density at radius 2 is 1.97 bits per heavy atom. The molecule has 0 atom stereocenters. The van der Waals surface area contributed by atoms with Crippen LogP contribution in [0.4, 0.5) is 5.69 Å². The standard InChI is InChI=1S/C22H24ClN5O2/c1-28-18-9-8-16(26-22(30)14-5-3-2-4-6-14)11-17(18)27-20(28)13-25-21(29)15-7-10-19(23)24-12-15/h7-12,14H,2-6,13H2,1H3,(H,25,29)(H,26,30). The first-order chi connectivity index (χ1) is 14.5. The number of benzene rings is 1. The molecule has 1 aliphatic carbocycles. The van der Waals surface area contributed by atoms with Crippen molar-refractivity contribution in [3.63, 3.8) is 0 Å². The fraction of sp³-hybridized carbons (Fsp3) is 0.364. The van der Waals surface area contributed by atoms with Gasteiger partial charge in [0.1, 0.15) is 11.0 Å². The number of halogens is 1. The third kappa shape index (κ3) is 4.46. The molecule has 4 rings (SSSR count). The lowest BCUT2D eigenvalue weighted by Crippen LogP contribution is -2.24. The summed E-state index contributed by atoms with van der Waals surface area (Å²) in [6.45, 7) is 0.274. The predicted molar refractivity (Wildman–Crippen MR) is 116 cm³/mol. The number of imidazole rings is 1. The third-order valence-electron chi connectivity index (χ3n) is 5.61. The van der Waals surface area contributed by atoms with E-state index in [0.717, 1.165) is 48.2 Å². The maximum atomic E-state index is 12.5. The molecule has 156 valence electrons. The summed E-state index contributed by atoms with van der Waals surface area (Å²) < 4.78 is 1.93. The van der Waals surface area contributed by atoms with Crippen LogP contribution in [0.25, 0.3) is 11.0 Å². The number of nitrogens with one attached hydrogen (secondary N) is 2. The van der Waals surface area contributed by atoms with E-state index in [4.69, 9.17) is 11.6 Å². The molecule has 8 heteroatoms. The molecule has 1 aromatic carbocycles. The molecule has 1 saturated carbocycles. The smallest absolute Gasteiger partial charge is 0.253 e. The van der Waals surface area contributed by atoms with Gasteiger partial charge in [0.15, 0.2) is 0 Å². The largest absolute Gasteiger partial charge is 0.345 e. The molecular weight excluding hydrogens is 402 g/mol. The van der Waals surface area contributed by atoms with Crippen LogP contribution in [-0.2, 0) is 18.4 Å². The molecule has 0 radical (unpaired) electrons. The maximum absolute atomic E-state index is 12.5. The van der Waals surface area contributed by atoms with Crippen molar-refractivity contribution < 1.29 is 9.59 Å². The number of hydrogen-bond acceptors (Lipinski definition) is 4. The quantitative estimate of drug-likeness (QED) is 0.603. The molecule has 2 amide bonds. The second-order valence-corrected chi connectivity index (χ2v) is 8.05. The monoisotopic (exact) mass is 425 g/mol. The van der Waals surface area contributed by atoms with Gasteiger partial charge in [-0.1, -0.05) is 30.9 Å². The van der Waals surface area contributed by atoms with E-state index in [-0.39, 0.29) is 24.3 Å². The van der Waals surface area contributed by atoms with Crippen molar-refractivity contribution in [2.75, 3.05) is 5.32 Å². The van der Waals surface area contributed by atoms with E-state index in [1.807, 2.05) is 29.8 Å². The highest BCUT2D eigenvalue weighted by Crippen LogP contribution is 2.26. The first-order valence-corrected chi connectivity index (χ1v) is 10.5. The Balaban J connectivity index is 1.44. The zero-order chi connectivity index (χ0) is 21.1. The summed E-state index contributed by atoms with van der Waals surface area (Å²) in [5, 5.41) is 6.23. The van der Waals surface area contributed by atoms with E-state index in [1.54, 1.807) is 12.1 Å². The van der Waals surface area contributed by atoms with Crippen LogP contribution >= 0.6 is 11.6 Å². The molecule has 3 aromatic rings. The van der Waals surface area contributed by atoms with Crippen LogP contribution in [0.5, 0.6) is 0 Å². The SMILES string of the molecule is Cn1c(CNC(=O)c2ccc(Cl)nc2)nc2cc(NC(=O)C3CCCCC3)ccc21. The van der Waals surface area contributed by atoms with Gasteiger partial charge in [-0.15, -0.1) is 0 Å². The molecular formula is C22H24ClN5O2. The highest BCUT2D eigenvalue weighted by Gasteiger charge is 2.21. The fourth-order valence-electron chi connectivity index (χ4n) is 3.87. The van der Waals surface area contributed by atoms with Crippen molar-refractivity contribution in [3.8, 4) is 0 Å². The van der Waals surface area contributed by atoms with Gasteiger partial charge in [-0.3, -0.25) is 9.59 Å². The molecule has 0 spiro atoms. The van der Waals surface area contributed by atoms with Gasteiger partial charge in [0.25, 0.3) is 5.91 Å². The van der Waals surface area contributed by atoms with Gasteiger partial charge < -0.3 is 15.2 Å². The van der Waals surface area contributed by atoms with Gasteiger partial charge in [0.05, 0.1) is 23.1 Å². The second kappa shape index (κ2) is 8.83. The van der Waals surface area contributed by atoms with Crippen LogP contribution in [0.2, 0.25) is 5.15 Å². The number of carbonyl (C=O) groups is 2. The molecule has 0 unspecified atom stereocenters. The number of aryl methyl sites for hydroxylation is 1. The Bertz CT molecular complexity index is 1070. The van der Waals surface area contributed by atoms with Crippen LogP contribution in [0.1, 0.15) is 48.3 Å². The van der Waals surface area contributed by atoms with Gasteiger partial charge in [0.2, 0.25) is 5.91 Å². The first kappa shape index (κ1) is 20.3. The number of fused-ring (bicyclic) bond motifs is 1. The molecule has 7 nitrogen and oxygen atoms in total. The molecule has 0 aliphatic heterocycles. The first-order valence-electron chi connectivity index (χ1n) is 10.2. The van der Waals surface area contributed by atoms with Gasteiger partial charge in [-0.2, -0.15) is 0 Å². The lowest BCUT2D eigenvalue weighted by molar-refractivity contribution is -0.120. The Morgan fingerprint density at radius 1 is 1.17 bits per heavy atom. The average Bonchev–Trinajstić information content (AvgIpc) is 3.08. The highest BCUT2D eigenvalue weighted by atomic mass is 35.5. The maximum Gasteiger partial charge on any atom is 0.253 e. The molecule has 2 aromatic heterocycles. The Labute approximate surface area is 179 Å². The number of aromatic nitrogens is 3. The normalized spacial score (nSPS) is 14.6. The van der Waals surface area contributed by atoms with E-state index >= 15 is 0 Å². The highest BCUT2D eigenvalue weighted by molar-refractivity contribution is 6.29. The van der Waals surface area contributed by atoms with E-state index in [1.165, 1.54) is 12.6 Å². The van der Waals surface area contributed by atoms with Crippen molar-refractivity contribution in [2.24, 2.45) is 13.0 Å². The van der Waals surface area contributed by atoms with Gasteiger partial charge >= 0.3 is 0 Å². The van der Waals surface area contributed by atoms with Gasteiger partial charge in [0, 0.05) is 24.8 Å².